The second-order valence-corrected chi connectivity index (χ2v) is 2.35. The van der Waals surface area contributed by atoms with E-state index >= 15 is 0 Å². The summed E-state index contributed by atoms with van der Waals surface area (Å²) >= 11 is 0. The second kappa shape index (κ2) is 2.70. The summed E-state index contributed by atoms with van der Waals surface area (Å²) in [6, 6.07) is 0. The van der Waals surface area contributed by atoms with Gasteiger partial charge in [0.1, 0.15) is 0 Å². The molecule has 0 heterocycles. The van der Waals surface area contributed by atoms with Crippen LogP contribution in [0.5, 0.6) is 0 Å². The van der Waals surface area contributed by atoms with Crippen LogP contribution in [-0.4, -0.2) is 17.4 Å². The molecule has 1 unspecified atom stereocenters. The molecule has 1 aliphatic rings. The van der Waals surface area contributed by atoms with Gasteiger partial charge in [0.15, 0.2) is 0 Å². The molecule has 0 spiro atoms. The highest BCUT2D eigenvalue weighted by Gasteiger charge is 2.34. The third-order valence-corrected chi connectivity index (χ3v) is 1.42. The van der Waals surface area contributed by atoms with Crippen molar-refractivity contribution in [1.29, 1.82) is 0 Å². The van der Waals surface area contributed by atoms with Crippen LogP contribution in [0.15, 0.2) is 23.8 Å². The van der Waals surface area contributed by atoms with E-state index in [1.165, 1.54) is 12.2 Å². The summed E-state index contributed by atoms with van der Waals surface area (Å²) in [4.78, 5) is 0. The Morgan fingerprint density at radius 2 is 2.09 bits per heavy atom. The molecule has 1 atom stereocenters. The molecule has 1 aliphatic carbocycles. The topological polar surface area (TPSA) is 20.2 Å². The number of aliphatic hydroxyl groups excluding tert-OH is 1. The van der Waals surface area contributed by atoms with E-state index in [1.54, 1.807) is 0 Å². The molecule has 0 aromatic heterocycles. The molecule has 62 valence electrons. The zero-order chi connectivity index (χ0) is 8.48. The van der Waals surface area contributed by atoms with Crippen LogP contribution in [0.1, 0.15) is 6.42 Å². The summed E-state index contributed by atoms with van der Waals surface area (Å²) in [7, 11) is 0. The van der Waals surface area contributed by atoms with Crippen molar-refractivity contribution in [2.24, 2.45) is 0 Å². The minimum Gasteiger partial charge on any atom is -0.389 e. The van der Waals surface area contributed by atoms with Crippen LogP contribution < -0.4 is 0 Å². The average molecular weight is 164 g/mol. The van der Waals surface area contributed by atoms with E-state index in [1.807, 2.05) is 0 Å². The predicted octanol–water partition coefficient (Wildman–Crippen LogP) is 1.80. The Morgan fingerprint density at radius 3 is 2.45 bits per heavy atom. The molecule has 1 nitrogen and oxygen atoms in total. The first kappa shape index (κ1) is 8.33. The van der Waals surface area contributed by atoms with Crippen LogP contribution in [0.3, 0.4) is 0 Å². The Bertz CT molecular complexity index is 202. The molecule has 1 N–H and O–H groups in total. The van der Waals surface area contributed by atoms with E-state index in [0.29, 0.717) is 0 Å². The average Bonchev–Trinajstić information content (AvgIpc) is 1.86. The first-order valence-corrected chi connectivity index (χ1v) is 3.13. The number of aliphatic hydroxyl groups is 1. The highest BCUT2D eigenvalue weighted by molar-refractivity contribution is 5.23. The van der Waals surface area contributed by atoms with Gasteiger partial charge < -0.3 is 5.11 Å². The largest absolute Gasteiger partial charge is 0.412 e. The molecule has 0 saturated heterocycles. The predicted molar refractivity (Wildman–Crippen MR) is 33.9 cm³/mol. The van der Waals surface area contributed by atoms with Crippen molar-refractivity contribution < 1.29 is 18.3 Å². The Hall–Kier alpha value is -0.770. The lowest BCUT2D eigenvalue weighted by atomic mass is 10.0. The fourth-order valence-electron chi connectivity index (χ4n) is 0.872. The van der Waals surface area contributed by atoms with E-state index < -0.39 is 17.9 Å². The lowest BCUT2D eigenvalue weighted by molar-refractivity contribution is -0.0964. The van der Waals surface area contributed by atoms with Crippen LogP contribution in [0, 0.1) is 0 Å². The normalized spacial score (nSPS) is 25.1. The summed E-state index contributed by atoms with van der Waals surface area (Å²) in [5, 5.41) is 8.82. The quantitative estimate of drug-likeness (QED) is 0.578. The van der Waals surface area contributed by atoms with E-state index in [-0.39, 0.29) is 6.42 Å². The van der Waals surface area contributed by atoms with Gasteiger partial charge in [0, 0.05) is 12.0 Å². The van der Waals surface area contributed by atoms with Crippen LogP contribution in [0.4, 0.5) is 13.2 Å². The van der Waals surface area contributed by atoms with Gasteiger partial charge in [0.2, 0.25) is 0 Å². The third kappa shape index (κ3) is 2.08. The number of hydrogen-bond donors (Lipinski definition) is 1. The maximum atomic E-state index is 11.9. The van der Waals surface area contributed by atoms with Crippen molar-refractivity contribution in [3.05, 3.63) is 23.8 Å². The minimum absolute atomic E-state index is 0.333. The van der Waals surface area contributed by atoms with Crippen LogP contribution in [-0.2, 0) is 0 Å². The van der Waals surface area contributed by atoms with Crippen LogP contribution in [0.25, 0.3) is 0 Å². The smallest absolute Gasteiger partial charge is 0.389 e. The van der Waals surface area contributed by atoms with Gasteiger partial charge in [-0.1, -0.05) is 18.2 Å². The number of alkyl halides is 3. The molecule has 11 heavy (non-hydrogen) atoms. The highest BCUT2D eigenvalue weighted by atomic mass is 19.4. The molecule has 0 aromatic carbocycles. The SMILES string of the molecule is OC1C=CC=C(C(F)(F)F)C1. The van der Waals surface area contributed by atoms with Crippen molar-refractivity contribution in [1.82, 2.24) is 0 Å². The first-order chi connectivity index (χ1) is 5.00. The van der Waals surface area contributed by atoms with Crippen molar-refractivity contribution in [2.75, 3.05) is 0 Å². The van der Waals surface area contributed by atoms with E-state index in [2.05, 4.69) is 0 Å². The molecule has 0 bridgehead atoms. The molecular formula is C7H7F3O. The second-order valence-electron chi connectivity index (χ2n) is 2.35. The van der Waals surface area contributed by atoms with Crippen molar-refractivity contribution in [3.8, 4) is 0 Å². The van der Waals surface area contributed by atoms with Gasteiger partial charge in [-0.3, -0.25) is 0 Å². The molecule has 0 fully saturated rings. The van der Waals surface area contributed by atoms with Crippen LogP contribution in [0.2, 0.25) is 0 Å². The Labute approximate surface area is 61.8 Å². The minimum atomic E-state index is -4.30. The number of halogens is 3. The summed E-state index contributed by atoms with van der Waals surface area (Å²) in [5.74, 6) is 0. The van der Waals surface area contributed by atoms with Crippen molar-refractivity contribution in [2.45, 2.75) is 18.7 Å². The first-order valence-electron chi connectivity index (χ1n) is 3.13. The van der Waals surface area contributed by atoms with E-state index in [4.69, 9.17) is 5.11 Å². The summed E-state index contributed by atoms with van der Waals surface area (Å²) in [6.07, 6.45) is -2.10. The van der Waals surface area contributed by atoms with Gasteiger partial charge in [-0.15, -0.1) is 0 Å². The molecule has 0 aromatic rings. The van der Waals surface area contributed by atoms with Gasteiger partial charge in [0.25, 0.3) is 0 Å². The van der Waals surface area contributed by atoms with Crippen molar-refractivity contribution >= 4 is 0 Å². The standard InChI is InChI=1S/C7H7F3O/c8-7(9,10)5-2-1-3-6(11)4-5/h1-3,6,11H,4H2. The highest BCUT2D eigenvalue weighted by Crippen LogP contribution is 2.30. The Balaban J connectivity index is 2.75. The number of allylic oxidation sites excluding steroid dienone is 2. The van der Waals surface area contributed by atoms with Crippen molar-refractivity contribution in [3.63, 3.8) is 0 Å². The van der Waals surface area contributed by atoms with Gasteiger partial charge in [0.05, 0.1) is 6.10 Å². The summed E-state index contributed by atoms with van der Waals surface area (Å²) in [6.45, 7) is 0. The lowest BCUT2D eigenvalue weighted by Gasteiger charge is -2.15. The lowest BCUT2D eigenvalue weighted by Crippen LogP contribution is -2.18. The molecule has 4 heteroatoms. The Morgan fingerprint density at radius 1 is 1.45 bits per heavy atom. The monoisotopic (exact) mass is 164 g/mol. The van der Waals surface area contributed by atoms with E-state index in [9.17, 15) is 13.2 Å². The molecule has 1 rings (SSSR count). The van der Waals surface area contributed by atoms with Gasteiger partial charge in [-0.25, -0.2) is 0 Å². The molecule has 0 aliphatic heterocycles. The zero-order valence-corrected chi connectivity index (χ0v) is 5.60. The fraction of sp³-hybridized carbons (Fsp3) is 0.429. The molecule has 0 amide bonds. The van der Waals surface area contributed by atoms with Crippen LogP contribution >= 0.6 is 0 Å². The number of rotatable bonds is 0. The van der Waals surface area contributed by atoms with Gasteiger partial charge >= 0.3 is 6.18 Å². The van der Waals surface area contributed by atoms with Gasteiger partial charge in [-0.2, -0.15) is 13.2 Å². The summed E-state index contributed by atoms with van der Waals surface area (Å²) in [5.41, 5.74) is -0.674. The molecule has 0 saturated carbocycles. The number of hydrogen-bond acceptors (Lipinski definition) is 1. The third-order valence-electron chi connectivity index (χ3n) is 1.42. The fourth-order valence-corrected chi connectivity index (χ4v) is 0.872. The zero-order valence-electron chi connectivity index (χ0n) is 5.60. The summed E-state index contributed by atoms with van der Waals surface area (Å²) < 4.78 is 35.7. The molecule has 0 radical (unpaired) electrons. The molecular weight excluding hydrogens is 157 g/mol. The maximum Gasteiger partial charge on any atom is 0.412 e. The Kier molecular flexibility index (Phi) is 2.04. The van der Waals surface area contributed by atoms with Gasteiger partial charge in [-0.05, 0) is 0 Å². The maximum absolute atomic E-state index is 11.9. The van der Waals surface area contributed by atoms with E-state index in [0.717, 1.165) is 6.08 Å².